The SMILES string of the molecule is CCCNCCNC(=O)c1cccnc1N1CCCC1.Cl.Cl. The van der Waals surface area contributed by atoms with E-state index < -0.39 is 0 Å². The molecule has 1 amide bonds. The third kappa shape index (κ3) is 5.99. The summed E-state index contributed by atoms with van der Waals surface area (Å²) in [4.78, 5) is 18.8. The molecule has 0 atom stereocenters. The van der Waals surface area contributed by atoms with Crippen LogP contribution < -0.4 is 15.5 Å². The van der Waals surface area contributed by atoms with Crippen LogP contribution >= 0.6 is 24.8 Å². The highest BCUT2D eigenvalue weighted by Gasteiger charge is 2.20. The number of carbonyl (C=O) groups is 1. The standard InChI is InChI=1S/C15H24N4O.2ClH/c1-2-7-16-9-10-18-15(20)13-6-5-8-17-14(13)19-11-3-4-12-19;;/h5-6,8,16H,2-4,7,9-12H2,1H3,(H,18,20);2*1H. The zero-order chi connectivity index (χ0) is 14.2. The van der Waals surface area contributed by atoms with E-state index in [1.165, 1.54) is 12.8 Å². The van der Waals surface area contributed by atoms with Crippen molar-refractivity contribution in [2.45, 2.75) is 26.2 Å². The lowest BCUT2D eigenvalue weighted by Crippen LogP contribution is -2.33. The Labute approximate surface area is 145 Å². The number of anilines is 1. The first-order valence-electron chi connectivity index (χ1n) is 7.52. The van der Waals surface area contributed by atoms with Gasteiger partial charge in [-0.15, -0.1) is 24.8 Å². The molecule has 1 aromatic heterocycles. The van der Waals surface area contributed by atoms with Crippen LogP contribution in [-0.4, -0.2) is 43.6 Å². The largest absolute Gasteiger partial charge is 0.356 e. The van der Waals surface area contributed by atoms with Gasteiger partial charge in [-0.25, -0.2) is 4.98 Å². The zero-order valence-electron chi connectivity index (χ0n) is 13.0. The maximum atomic E-state index is 12.2. The summed E-state index contributed by atoms with van der Waals surface area (Å²) >= 11 is 0. The molecule has 0 aliphatic carbocycles. The maximum absolute atomic E-state index is 12.2. The van der Waals surface area contributed by atoms with Crippen LogP contribution in [0.3, 0.4) is 0 Å². The summed E-state index contributed by atoms with van der Waals surface area (Å²) < 4.78 is 0. The molecule has 0 aromatic carbocycles. The zero-order valence-corrected chi connectivity index (χ0v) is 14.6. The van der Waals surface area contributed by atoms with Crippen molar-refractivity contribution in [1.82, 2.24) is 15.6 Å². The van der Waals surface area contributed by atoms with E-state index in [0.29, 0.717) is 12.1 Å². The van der Waals surface area contributed by atoms with Gasteiger partial charge in [0.2, 0.25) is 0 Å². The molecule has 1 fully saturated rings. The van der Waals surface area contributed by atoms with E-state index in [9.17, 15) is 4.79 Å². The van der Waals surface area contributed by atoms with E-state index in [-0.39, 0.29) is 30.7 Å². The van der Waals surface area contributed by atoms with Crippen LogP contribution in [0.25, 0.3) is 0 Å². The molecule has 22 heavy (non-hydrogen) atoms. The van der Waals surface area contributed by atoms with E-state index in [1.54, 1.807) is 6.20 Å². The number of pyridine rings is 1. The van der Waals surface area contributed by atoms with Crippen molar-refractivity contribution in [2.24, 2.45) is 0 Å². The van der Waals surface area contributed by atoms with Gasteiger partial charge in [0.1, 0.15) is 5.82 Å². The average molecular weight is 349 g/mol. The van der Waals surface area contributed by atoms with Crippen molar-refractivity contribution in [2.75, 3.05) is 37.6 Å². The number of hydrogen-bond acceptors (Lipinski definition) is 4. The number of rotatable bonds is 7. The third-order valence-electron chi connectivity index (χ3n) is 3.45. The molecule has 0 unspecified atom stereocenters. The minimum Gasteiger partial charge on any atom is -0.356 e. The molecule has 0 saturated carbocycles. The fourth-order valence-electron chi connectivity index (χ4n) is 2.42. The highest BCUT2D eigenvalue weighted by Crippen LogP contribution is 2.21. The Hall–Kier alpha value is -1.04. The summed E-state index contributed by atoms with van der Waals surface area (Å²) in [5, 5.41) is 6.22. The first kappa shape index (κ1) is 21.0. The molecule has 1 saturated heterocycles. The van der Waals surface area contributed by atoms with Crippen LogP contribution in [0.5, 0.6) is 0 Å². The second kappa shape index (κ2) is 11.5. The quantitative estimate of drug-likeness (QED) is 0.742. The Morgan fingerprint density at radius 2 is 1.95 bits per heavy atom. The highest BCUT2D eigenvalue weighted by atomic mass is 35.5. The molecule has 1 aliphatic heterocycles. The topological polar surface area (TPSA) is 57.3 Å². The van der Waals surface area contributed by atoms with E-state index in [2.05, 4.69) is 27.4 Å². The van der Waals surface area contributed by atoms with Gasteiger partial charge in [0.25, 0.3) is 5.91 Å². The molecule has 0 bridgehead atoms. The number of amides is 1. The fourth-order valence-corrected chi connectivity index (χ4v) is 2.42. The van der Waals surface area contributed by atoms with Crippen LogP contribution in [0.2, 0.25) is 0 Å². The minimum absolute atomic E-state index is 0. The number of carbonyl (C=O) groups excluding carboxylic acids is 1. The molecule has 1 aliphatic rings. The summed E-state index contributed by atoms with van der Waals surface area (Å²) in [6.07, 6.45) is 5.22. The van der Waals surface area contributed by atoms with Gasteiger partial charge in [-0.05, 0) is 37.9 Å². The van der Waals surface area contributed by atoms with Crippen LogP contribution in [0.1, 0.15) is 36.5 Å². The Morgan fingerprint density at radius 3 is 2.64 bits per heavy atom. The Balaban J connectivity index is 0.00000220. The average Bonchev–Trinajstić information content (AvgIpc) is 3.01. The molecule has 0 radical (unpaired) electrons. The van der Waals surface area contributed by atoms with Gasteiger partial charge < -0.3 is 15.5 Å². The van der Waals surface area contributed by atoms with Crippen molar-refractivity contribution < 1.29 is 4.79 Å². The third-order valence-corrected chi connectivity index (χ3v) is 3.45. The van der Waals surface area contributed by atoms with Gasteiger partial charge >= 0.3 is 0 Å². The maximum Gasteiger partial charge on any atom is 0.255 e. The second-order valence-electron chi connectivity index (χ2n) is 5.07. The van der Waals surface area contributed by atoms with Crippen LogP contribution in [0, 0.1) is 0 Å². The lowest BCUT2D eigenvalue weighted by molar-refractivity contribution is 0.0954. The molecule has 2 heterocycles. The van der Waals surface area contributed by atoms with Gasteiger partial charge in [-0.3, -0.25) is 4.79 Å². The normalized spacial score (nSPS) is 13.2. The van der Waals surface area contributed by atoms with E-state index in [4.69, 9.17) is 0 Å². The smallest absolute Gasteiger partial charge is 0.255 e. The van der Waals surface area contributed by atoms with Crippen LogP contribution in [0.15, 0.2) is 18.3 Å². The van der Waals surface area contributed by atoms with Gasteiger partial charge in [-0.1, -0.05) is 6.92 Å². The first-order valence-corrected chi connectivity index (χ1v) is 7.52. The summed E-state index contributed by atoms with van der Waals surface area (Å²) in [5.41, 5.74) is 0.685. The molecule has 1 aromatic rings. The van der Waals surface area contributed by atoms with E-state index in [0.717, 1.165) is 38.4 Å². The molecule has 0 spiro atoms. The number of hydrogen-bond donors (Lipinski definition) is 2. The van der Waals surface area contributed by atoms with Crippen LogP contribution in [-0.2, 0) is 0 Å². The highest BCUT2D eigenvalue weighted by molar-refractivity contribution is 5.98. The Bertz CT molecular complexity index is 439. The number of aromatic nitrogens is 1. The van der Waals surface area contributed by atoms with E-state index in [1.807, 2.05) is 12.1 Å². The number of halogens is 2. The molecule has 126 valence electrons. The molecular formula is C15H26Cl2N4O. The van der Waals surface area contributed by atoms with Crippen molar-refractivity contribution in [3.63, 3.8) is 0 Å². The van der Waals surface area contributed by atoms with Gasteiger partial charge in [0.15, 0.2) is 0 Å². The lowest BCUT2D eigenvalue weighted by Gasteiger charge is -2.19. The summed E-state index contributed by atoms with van der Waals surface area (Å²) in [5.74, 6) is 0.794. The van der Waals surface area contributed by atoms with Gasteiger partial charge in [-0.2, -0.15) is 0 Å². The molecule has 2 N–H and O–H groups in total. The summed E-state index contributed by atoms with van der Waals surface area (Å²) in [6.45, 7) is 6.56. The molecule has 2 rings (SSSR count). The van der Waals surface area contributed by atoms with Crippen molar-refractivity contribution in [3.8, 4) is 0 Å². The molecule has 5 nitrogen and oxygen atoms in total. The number of nitrogens with one attached hydrogen (secondary N) is 2. The molecule has 7 heteroatoms. The number of nitrogens with zero attached hydrogens (tertiary/aromatic N) is 2. The monoisotopic (exact) mass is 348 g/mol. The summed E-state index contributed by atoms with van der Waals surface area (Å²) in [7, 11) is 0. The Morgan fingerprint density at radius 1 is 1.23 bits per heavy atom. The van der Waals surface area contributed by atoms with Crippen molar-refractivity contribution in [1.29, 1.82) is 0 Å². The predicted molar refractivity (Wildman–Crippen MR) is 95.7 cm³/mol. The van der Waals surface area contributed by atoms with Crippen molar-refractivity contribution >= 4 is 36.5 Å². The minimum atomic E-state index is -0.0294. The predicted octanol–water partition coefficient (Wildman–Crippen LogP) is 2.25. The van der Waals surface area contributed by atoms with Gasteiger partial charge in [0.05, 0.1) is 5.56 Å². The van der Waals surface area contributed by atoms with Crippen LogP contribution in [0.4, 0.5) is 5.82 Å². The lowest BCUT2D eigenvalue weighted by atomic mass is 10.2. The molecular weight excluding hydrogens is 323 g/mol. The first-order chi connectivity index (χ1) is 9.83. The van der Waals surface area contributed by atoms with Gasteiger partial charge in [0, 0.05) is 32.4 Å². The van der Waals surface area contributed by atoms with Crippen molar-refractivity contribution in [3.05, 3.63) is 23.9 Å². The fraction of sp³-hybridized carbons (Fsp3) is 0.600. The van der Waals surface area contributed by atoms with E-state index >= 15 is 0 Å². The second-order valence-corrected chi connectivity index (χ2v) is 5.07. The summed E-state index contributed by atoms with van der Waals surface area (Å²) in [6, 6.07) is 3.68. The Kier molecular flexibility index (Phi) is 11.0.